The van der Waals surface area contributed by atoms with Crippen LogP contribution in [0.25, 0.3) is 0 Å². The van der Waals surface area contributed by atoms with Crippen molar-refractivity contribution in [2.45, 2.75) is 57.7 Å². The highest BCUT2D eigenvalue weighted by Gasteiger charge is 2.36. The van der Waals surface area contributed by atoms with Crippen molar-refractivity contribution in [1.29, 1.82) is 0 Å². The summed E-state index contributed by atoms with van der Waals surface area (Å²) in [4.78, 5) is 21.8. The van der Waals surface area contributed by atoms with E-state index in [9.17, 15) is 4.79 Å². The summed E-state index contributed by atoms with van der Waals surface area (Å²) in [5.41, 5.74) is 1.41. The fraction of sp³-hybridized carbons (Fsp3) is 0.652. The van der Waals surface area contributed by atoms with Crippen LogP contribution in [0.5, 0.6) is 0 Å². The maximum atomic E-state index is 12.1. The highest BCUT2D eigenvalue weighted by molar-refractivity contribution is 5.85. The number of nitrogens with one attached hydrogen (secondary N) is 2. The number of piperidine rings is 2. The van der Waals surface area contributed by atoms with Gasteiger partial charge in [-0.2, -0.15) is 0 Å². The summed E-state index contributed by atoms with van der Waals surface area (Å²) in [6, 6.07) is 11.9. The van der Waals surface area contributed by atoms with Crippen LogP contribution in [0.2, 0.25) is 0 Å². The van der Waals surface area contributed by atoms with Crippen molar-refractivity contribution in [2.75, 3.05) is 32.7 Å². The molecule has 0 bridgehead atoms. The van der Waals surface area contributed by atoms with E-state index < -0.39 is 0 Å². The molecule has 6 heteroatoms. The lowest BCUT2D eigenvalue weighted by molar-refractivity contribution is -0.119. The van der Waals surface area contributed by atoms with Crippen molar-refractivity contribution >= 4 is 11.9 Å². The summed E-state index contributed by atoms with van der Waals surface area (Å²) in [6.07, 6.45) is 5.94. The molecule has 1 aliphatic carbocycles. The standard InChI is InChI=1S/C23H35N5O/c1-2-24-23(25-15-22(29)26-20-10-11-20)28-14-12-21-19(17-28)9-6-13-27(21)16-18-7-4-3-5-8-18/h3-5,7-8,19-21H,2,6,9-17H2,1H3,(H,24,25)(H,26,29). The quantitative estimate of drug-likeness (QED) is 0.571. The number of guanidine groups is 1. The van der Waals surface area contributed by atoms with Gasteiger partial charge in [-0.1, -0.05) is 30.3 Å². The van der Waals surface area contributed by atoms with Gasteiger partial charge in [-0.15, -0.1) is 0 Å². The van der Waals surface area contributed by atoms with E-state index in [-0.39, 0.29) is 12.5 Å². The Morgan fingerprint density at radius 3 is 2.72 bits per heavy atom. The van der Waals surface area contributed by atoms with Gasteiger partial charge in [0.2, 0.25) is 5.91 Å². The first-order valence-electron chi connectivity index (χ1n) is 11.3. The number of likely N-dealkylation sites (tertiary alicyclic amines) is 2. The summed E-state index contributed by atoms with van der Waals surface area (Å²) in [6.45, 7) is 7.43. The average Bonchev–Trinajstić information content (AvgIpc) is 3.55. The topological polar surface area (TPSA) is 60.0 Å². The second-order valence-corrected chi connectivity index (χ2v) is 8.67. The number of hydrogen-bond donors (Lipinski definition) is 2. The van der Waals surface area contributed by atoms with Crippen molar-refractivity contribution in [2.24, 2.45) is 10.9 Å². The van der Waals surface area contributed by atoms with E-state index in [1.54, 1.807) is 0 Å². The smallest absolute Gasteiger partial charge is 0.242 e. The van der Waals surface area contributed by atoms with E-state index in [0.717, 1.165) is 51.4 Å². The van der Waals surface area contributed by atoms with Gasteiger partial charge in [0.05, 0.1) is 0 Å². The van der Waals surface area contributed by atoms with Gasteiger partial charge in [-0.05, 0) is 57.1 Å². The SMILES string of the molecule is CCNC(=NCC(=O)NC1CC1)N1CCC2C(CCCN2Cc2ccccc2)C1. The fourth-order valence-corrected chi connectivity index (χ4v) is 4.79. The van der Waals surface area contributed by atoms with E-state index in [1.165, 1.54) is 24.9 Å². The van der Waals surface area contributed by atoms with Crippen molar-refractivity contribution in [3.05, 3.63) is 35.9 Å². The number of carbonyl (C=O) groups excluding carboxylic acids is 1. The number of rotatable bonds is 6. The third-order valence-corrected chi connectivity index (χ3v) is 6.36. The van der Waals surface area contributed by atoms with Crippen LogP contribution in [0.4, 0.5) is 0 Å². The lowest BCUT2D eigenvalue weighted by atomic mass is 9.83. The highest BCUT2D eigenvalue weighted by atomic mass is 16.2. The van der Waals surface area contributed by atoms with Gasteiger partial charge in [0, 0.05) is 38.3 Å². The summed E-state index contributed by atoms with van der Waals surface area (Å²) >= 11 is 0. The molecule has 1 amide bonds. The lowest BCUT2D eigenvalue weighted by Gasteiger charge is -2.48. The Kier molecular flexibility index (Phi) is 6.70. The molecule has 0 aromatic heterocycles. The lowest BCUT2D eigenvalue weighted by Crippen LogP contribution is -2.56. The normalized spacial score (nSPS) is 25.4. The number of aliphatic imine (C=N–C) groups is 1. The zero-order valence-corrected chi connectivity index (χ0v) is 17.6. The number of benzene rings is 1. The summed E-state index contributed by atoms with van der Waals surface area (Å²) < 4.78 is 0. The van der Waals surface area contributed by atoms with Crippen molar-refractivity contribution in [3.63, 3.8) is 0 Å². The van der Waals surface area contributed by atoms with Gasteiger partial charge in [0.1, 0.15) is 6.54 Å². The van der Waals surface area contributed by atoms with Gasteiger partial charge in [0.15, 0.2) is 5.96 Å². The highest BCUT2D eigenvalue weighted by Crippen LogP contribution is 2.31. The monoisotopic (exact) mass is 397 g/mol. The summed E-state index contributed by atoms with van der Waals surface area (Å²) in [5, 5.41) is 6.44. The number of hydrogen-bond acceptors (Lipinski definition) is 3. The third kappa shape index (κ3) is 5.50. The largest absolute Gasteiger partial charge is 0.357 e. The van der Waals surface area contributed by atoms with Gasteiger partial charge in [0.25, 0.3) is 0 Å². The molecule has 29 heavy (non-hydrogen) atoms. The fourth-order valence-electron chi connectivity index (χ4n) is 4.79. The number of amides is 1. The van der Waals surface area contributed by atoms with Crippen LogP contribution in [0.3, 0.4) is 0 Å². The van der Waals surface area contributed by atoms with E-state index in [4.69, 9.17) is 0 Å². The van der Waals surface area contributed by atoms with Crippen molar-refractivity contribution < 1.29 is 4.79 Å². The minimum atomic E-state index is 0.0458. The zero-order valence-electron chi connectivity index (χ0n) is 17.6. The third-order valence-electron chi connectivity index (χ3n) is 6.36. The van der Waals surface area contributed by atoms with Gasteiger partial charge < -0.3 is 15.5 Å². The number of nitrogens with zero attached hydrogens (tertiary/aromatic N) is 3. The van der Waals surface area contributed by atoms with Crippen LogP contribution in [0, 0.1) is 5.92 Å². The van der Waals surface area contributed by atoms with Gasteiger partial charge >= 0.3 is 0 Å². The van der Waals surface area contributed by atoms with Crippen LogP contribution in [-0.4, -0.2) is 66.5 Å². The van der Waals surface area contributed by atoms with Crippen LogP contribution >= 0.6 is 0 Å². The number of fused-ring (bicyclic) bond motifs is 1. The molecule has 0 spiro atoms. The van der Waals surface area contributed by atoms with E-state index in [2.05, 4.69) is 62.7 Å². The summed E-state index contributed by atoms with van der Waals surface area (Å²) in [7, 11) is 0. The molecule has 3 fully saturated rings. The van der Waals surface area contributed by atoms with Gasteiger partial charge in [-0.25, -0.2) is 4.99 Å². The van der Waals surface area contributed by atoms with E-state index in [1.807, 2.05) is 0 Å². The Hall–Kier alpha value is -2.08. The first-order chi connectivity index (χ1) is 14.2. The Morgan fingerprint density at radius 1 is 1.14 bits per heavy atom. The molecule has 2 saturated heterocycles. The molecule has 2 aliphatic heterocycles. The Labute approximate surface area is 174 Å². The minimum Gasteiger partial charge on any atom is -0.357 e. The van der Waals surface area contributed by atoms with Crippen LogP contribution < -0.4 is 10.6 Å². The second-order valence-electron chi connectivity index (χ2n) is 8.67. The average molecular weight is 398 g/mol. The molecule has 2 unspecified atom stereocenters. The second kappa shape index (κ2) is 9.61. The van der Waals surface area contributed by atoms with Crippen molar-refractivity contribution in [3.8, 4) is 0 Å². The molecule has 2 atom stereocenters. The maximum absolute atomic E-state index is 12.1. The molecule has 2 heterocycles. The molecule has 3 aliphatic rings. The molecular formula is C23H35N5O. The van der Waals surface area contributed by atoms with E-state index >= 15 is 0 Å². The first-order valence-corrected chi connectivity index (χ1v) is 11.3. The molecule has 1 aromatic rings. The zero-order chi connectivity index (χ0) is 20.1. The maximum Gasteiger partial charge on any atom is 0.242 e. The Morgan fingerprint density at radius 2 is 1.97 bits per heavy atom. The molecular weight excluding hydrogens is 362 g/mol. The first kappa shape index (κ1) is 20.2. The van der Waals surface area contributed by atoms with Crippen LogP contribution in [-0.2, 0) is 11.3 Å². The Balaban J connectivity index is 1.36. The predicted molar refractivity (Wildman–Crippen MR) is 117 cm³/mol. The van der Waals surface area contributed by atoms with Crippen LogP contribution in [0.15, 0.2) is 35.3 Å². The molecule has 0 radical (unpaired) electrons. The molecule has 158 valence electrons. The predicted octanol–water partition coefficient (Wildman–Crippen LogP) is 2.22. The van der Waals surface area contributed by atoms with Gasteiger partial charge in [-0.3, -0.25) is 9.69 Å². The molecule has 1 aromatic carbocycles. The molecule has 1 saturated carbocycles. The Bertz CT molecular complexity index is 702. The van der Waals surface area contributed by atoms with Crippen molar-refractivity contribution in [1.82, 2.24) is 20.4 Å². The van der Waals surface area contributed by atoms with E-state index in [0.29, 0.717) is 18.0 Å². The molecule has 6 nitrogen and oxygen atoms in total. The summed E-state index contributed by atoms with van der Waals surface area (Å²) in [5.74, 6) is 1.62. The molecule has 4 rings (SSSR count). The minimum absolute atomic E-state index is 0.0458. The van der Waals surface area contributed by atoms with Crippen LogP contribution in [0.1, 0.15) is 44.6 Å². The number of carbonyl (C=O) groups is 1. The molecule has 2 N–H and O–H groups in total.